The van der Waals surface area contributed by atoms with E-state index >= 15 is 0 Å². The lowest BCUT2D eigenvalue weighted by atomic mass is 9.94. The van der Waals surface area contributed by atoms with E-state index in [1.165, 1.54) is 0 Å². The highest BCUT2D eigenvalue weighted by Gasteiger charge is 2.34. The Labute approximate surface area is 82.1 Å². The summed E-state index contributed by atoms with van der Waals surface area (Å²) in [6.07, 6.45) is -5.74. The maximum absolute atomic E-state index is 11.8. The Morgan fingerprint density at radius 1 is 1.21 bits per heavy atom. The van der Waals surface area contributed by atoms with Crippen LogP contribution >= 0.6 is 0 Å². The first-order chi connectivity index (χ1) is 6.07. The fourth-order valence-electron chi connectivity index (χ4n) is 0.811. The number of nitrogens with zero attached hydrogens (tertiary/aromatic N) is 1. The van der Waals surface area contributed by atoms with Gasteiger partial charge < -0.3 is 0 Å². The number of hydrogen-bond donors (Lipinski definition) is 0. The van der Waals surface area contributed by atoms with Gasteiger partial charge in [0.05, 0.1) is 12.0 Å². The third kappa shape index (κ3) is 4.09. The lowest BCUT2D eigenvalue weighted by Gasteiger charge is -2.31. The molecule has 0 N–H and O–H groups in total. The van der Waals surface area contributed by atoms with E-state index in [0.717, 1.165) is 0 Å². The highest BCUT2D eigenvalue weighted by atomic mass is 19.4. The Hall–Kier alpha value is -0.580. The van der Waals surface area contributed by atoms with Crippen LogP contribution in [0, 0.1) is 0 Å². The first-order valence-electron chi connectivity index (χ1n) is 4.35. The molecule has 14 heavy (non-hydrogen) atoms. The quantitative estimate of drug-likeness (QED) is 0.710. The molecule has 0 aromatic carbocycles. The van der Waals surface area contributed by atoms with E-state index in [0.29, 0.717) is 0 Å². The minimum atomic E-state index is -4.25. The average Bonchev–Trinajstić information content (AvgIpc) is 1.98. The van der Waals surface area contributed by atoms with Gasteiger partial charge in [0.25, 0.3) is 0 Å². The van der Waals surface area contributed by atoms with Gasteiger partial charge in [-0.15, -0.1) is 0 Å². The molecule has 0 aromatic heterocycles. The van der Waals surface area contributed by atoms with Gasteiger partial charge in [0.1, 0.15) is 0 Å². The monoisotopic (exact) mass is 211 g/mol. The van der Waals surface area contributed by atoms with Crippen molar-refractivity contribution in [3.8, 4) is 0 Å². The molecular formula is C9H16F3NO. The van der Waals surface area contributed by atoms with E-state index in [-0.39, 0.29) is 5.78 Å². The van der Waals surface area contributed by atoms with Gasteiger partial charge in [-0.25, -0.2) is 0 Å². The Morgan fingerprint density at radius 2 is 1.64 bits per heavy atom. The number of ketones is 1. The van der Waals surface area contributed by atoms with E-state index in [2.05, 4.69) is 0 Å². The molecule has 0 rings (SSSR count). The SMILES string of the molecule is CN(C)C(C)(C)C(=O)CCC(F)(F)F. The van der Waals surface area contributed by atoms with Gasteiger partial charge in [-0.3, -0.25) is 9.69 Å². The third-order valence-electron chi connectivity index (χ3n) is 2.44. The molecule has 0 saturated carbocycles. The predicted octanol–water partition coefficient (Wildman–Crippen LogP) is 2.24. The van der Waals surface area contributed by atoms with Crippen molar-refractivity contribution in [1.29, 1.82) is 0 Å². The number of alkyl halides is 3. The van der Waals surface area contributed by atoms with E-state index in [4.69, 9.17) is 0 Å². The van der Waals surface area contributed by atoms with Crippen LogP contribution in [0.4, 0.5) is 13.2 Å². The molecule has 0 aromatic rings. The van der Waals surface area contributed by atoms with Gasteiger partial charge in [0.2, 0.25) is 0 Å². The summed E-state index contributed by atoms with van der Waals surface area (Å²) in [5.41, 5.74) is -0.828. The molecule has 0 fully saturated rings. The summed E-state index contributed by atoms with van der Waals surface area (Å²) in [5, 5.41) is 0. The highest BCUT2D eigenvalue weighted by Crippen LogP contribution is 2.24. The predicted molar refractivity (Wildman–Crippen MR) is 48.1 cm³/mol. The van der Waals surface area contributed by atoms with Gasteiger partial charge in [-0.05, 0) is 27.9 Å². The summed E-state index contributed by atoms with van der Waals surface area (Å²) in [6, 6.07) is 0. The molecule has 0 heterocycles. The van der Waals surface area contributed by atoms with Gasteiger partial charge in [0.15, 0.2) is 5.78 Å². The largest absolute Gasteiger partial charge is 0.389 e. The Bertz CT molecular complexity index is 209. The van der Waals surface area contributed by atoms with Crippen molar-refractivity contribution in [3.63, 3.8) is 0 Å². The second-order valence-corrected chi connectivity index (χ2v) is 3.99. The van der Waals surface area contributed by atoms with Crippen molar-refractivity contribution in [3.05, 3.63) is 0 Å². The van der Waals surface area contributed by atoms with Gasteiger partial charge in [0, 0.05) is 6.42 Å². The topological polar surface area (TPSA) is 20.3 Å². The van der Waals surface area contributed by atoms with E-state index in [9.17, 15) is 18.0 Å². The molecule has 0 aliphatic rings. The number of likely N-dealkylation sites (N-methyl/N-ethyl adjacent to an activating group) is 1. The second kappa shape index (κ2) is 4.29. The molecule has 0 atom stereocenters. The zero-order chi connectivity index (χ0) is 11.6. The number of carbonyl (C=O) groups is 1. The van der Waals surface area contributed by atoms with Crippen molar-refractivity contribution < 1.29 is 18.0 Å². The minimum absolute atomic E-state index is 0.389. The maximum atomic E-state index is 11.8. The van der Waals surface area contributed by atoms with Crippen LogP contribution in [-0.4, -0.2) is 36.5 Å². The summed E-state index contributed by atoms with van der Waals surface area (Å²) < 4.78 is 35.5. The molecule has 0 saturated heterocycles. The van der Waals surface area contributed by atoms with Crippen molar-refractivity contribution >= 4 is 5.78 Å². The van der Waals surface area contributed by atoms with Crippen molar-refractivity contribution in [1.82, 2.24) is 4.90 Å². The zero-order valence-corrected chi connectivity index (χ0v) is 8.90. The van der Waals surface area contributed by atoms with Crippen LogP contribution in [0.25, 0.3) is 0 Å². The standard InChI is InChI=1S/C9H16F3NO/c1-8(2,13(3)4)7(14)5-6-9(10,11)12/h5-6H2,1-4H3. The summed E-state index contributed by atoms with van der Waals surface area (Å²) in [6.45, 7) is 3.23. The molecule has 5 heteroatoms. The average molecular weight is 211 g/mol. The third-order valence-corrected chi connectivity index (χ3v) is 2.44. The molecular weight excluding hydrogens is 195 g/mol. The fourth-order valence-corrected chi connectivity index (χ4v) is 0.811. The fraction of sp³-hybridized carbons (Fsp3) is 0.889. The molecule has 0 amide bonds. The minimum Gasteiger partial charge on any atom is -0.298 e. The van der Waals surface area contributed by atoms with E-state index < -0.39 is 24.6 Å². The lowest BCUT2D eigenvalue weighted by molar-refractivity contribution is -0.147. The number of carbonyl (C=O) groups excluding carboxylic acids is 1. The molecule has 84 valence electrons. The normalized spacial score (nSPS) is 13.4. The second-order valence-electron chi connectivity index (χ2n) is 3.99. The van der Waals surface area contributed by atoms with Crippen LogP contribution in [0.5, 0.6) is 0 Å². The van der Waals surface area contributed by atoms with Crippen molar-refractivity contribution in [2.75, 3.05) is 14.1 Å². The van der Waals surface area contributed by atoms with E-state index in [1.807, 2.05) is 0 Å². The van der Waals surface area contributed by atoms with Crippen LogP contribution in [0.15, 0.2) is 0 Å². The summed E-state index contributed by atoms with van der Waals surface area (Å²) >= 11 is 0. The van der Waals surface area contributed by atoms with Crippen LogP contribution in [0.1, 0.15) is 26.7 Å². The molecule has 0 radical (unpaired) electrons. The Balaban J connectivity index is 4.23. The molecule has 0 unspecified atom stereocenters. The van der Waals surface area contributed by atoms with Gasteiger partial charge >= 0.3 is 6.18 Å². The molecule has 2 nitrogen and oxygen atoms in total. The van der Waals surface area contributed by atoms with Crippen LogP contribution in [0.2, 0.25) is 0 Å². The number of hydrogen-bond acceptors (Lipinski definition) is 2. The molecule has 0 bridgehead atoms. The van der Waals surface area contributed by atoms with Crippen LogP contribution in [-0.2, 0) is 4.79 Å². The van der Waals surface area contributed by atoms with Gasteiger partial charge in [-0.1, -0.05) is 0 Å². The Morgan fingerprint density at radius 3 is 1.93 bits per heavy atom. The van der Waals surface area contributed by atoms with E-state index in [1.54, 1.807) is 32.8 Å². The number of Topliss-reactive ketones (excluding diaryl/α,β-unsaturated/α-hetero) is 1. The molecule has 0 spiro atoms. The molecule has 0 aliphatic heterocycles. The first kappa shape index (κ1) is 13.4. The Kier molecular flexibility index (Phi) is 4.12. The lowest BCUT2D eigenvalue weighted by Crippen LogP contribution is -2.45. The first-order valence-corrected chi connectivity index (χ1v) is 4.35. The van der Waals surface area contributed by atoms with Gasteiger partial charge in [-0.2, -0.15) is 13.2 Å². The summed E-state index contributed by atoms with van der Waals surface area (Å²) in [4.78, 5) is 13.0. The highest BCUT2D eigenvalue weighted by molar-refractivity contribution is 5.87. The van der Waals surface area contributed by atoms with Crippen LogP contribution in [0.3, 0.4) is 0 Å². The smallest absolute Gasteiger partial charge is 0.298 e. The van der Waals surface area contributed by atoms with Crippen molar-refractivity contribution in [2.24, 2.45) is 0 Å². The summed E-state index contributed by atoms with van der Waals surface area (Å²) in [7, 11) is 3.34. The van der Waals surface area contributed by atoms with Crippen LogP contribution < -0.4 is 0 Å². The van der Waals surface area contributed by atoms with Crippen molar-refractivity contribution in [2.45, 2.75) is 38.4 Å². The zero-order valence-electron chi connectivity index (χ0n) is 8.90. The maximum Gasteiger partial charge on any atom is 0.389 e. The number of halogens is 3. The summed E-state index contributed by atoms with van der Waals surface area (Å²) in [5.74, 6) is -0.389. The number of rotatable bonds is 4. The molecule has 0 aliphatic carbocycles.